The summed E-state index contributed by atoms with van der Waals surface area (Å²) >= 11 is 0. The Bertz CT molecular complexity index is 1310. The summed E-state index contributed by atoms with van der Waals surface area (Å²) in [5.74, 6) is -0.318. The zero-order valence-electron chi connectivity index (χ0n) is 18.6. The minimum atomic E-state index is -0.414. The summed E-state index contributed by atoms with van der Waals surface area (Å²) in [7, 11) is 1.80. The highest BCUT2D eigenvalue weighted by molar-refractivity contribution is 5.96. The third-order valence-electron chi connectivity index (χ3n) is 6.66. The van der Waals surface area contributed by atoms with E-state index in [2.05, 4.69) is 10.2 Å². The molecule has 2 atom stereocenters. The fourth-order valence-electron chi connectivity index (χ4n) is 4.90. The van der Waals surface area contributed by atoms with E-state index in [-0.39, 0.29) is 17.5 Å². The molecule has 5 rings (SSSR count). The lowest BCUT2D eigenvalue weighted by molar-refractivity contribution is 0.0580. The van der Waals surface area contributed by atoms with E-state index < -0.39 is 6.10 Å². The summed E-state index contributed by atoms with van der Waals surface area (Å²) in [5, 5.41) is 18.8. The van der Waals surface area contributed by atoms with Gasteiger partial charge in [0.05, 0.1) is 17.8 Å². The van der Waals surface area contributed by atoms with Crippen molar-refractivity contribution in [3.63, 3.8) is 0 Å². The van der Waals surface area contributed by atoms with Crippen molar-refractivity contribution in [2.75, 3.05) is 0 Å². The molecule has 7 heteroatoms. The number of benzene rings is 1. The van der Waals surface area contributed by atoms with Gasteiger partial charge in [0, 0.05) is 37.0 Å². The average Bonchev–Trinajstić information content (AvgIpc) is 3.39. The molecule has 1 saturated carbocycles. The fraction of sp³-hybridized carbons (Fsp3) is 0.346. The van der Waals surface area contributed by atoms with Crippen LogP contribution in [0.15, 0.2) is 55.0 Å². The van der Waals surface area contributed by atoms with E-state index in [0.717, 1.165) is 47.9 Å². The quantitative estimate of drug-likeness (QED) is 0.440. The molecule has 3 aromatic heterocycles. The topological polar surface area (TPSA) is 72.4 Å². The Balaban J connectivity index is 1.42. The fourth-order valence-corrected chi connectivity index (χ4v) is 4.90. The van der Waals surface area contributed by atoms with Gasteiger partial charge in [-0.2, -0.15) is 10.2 Å². The van der Waals surface area contributed by atoms with Gasteiger partial charge in [-0.1, -0.05) is 25.0 Å². The first kappa shape index (κ1) is 21.5. The van der Waals surface area contributed by atoms with Gasteiger partial charge in [0.2, 0.25) is 0 Å². The molecule has 0 amide bonds. The van der Waals surface area contributed by atoms with Crippen molar-refractivity contribution in [2.45, 2.75) is 44.6 Å². The maximum absolute atomic E-state index is 14.9. The highest BCUT2D eigenvalue weighted by Gasteiger charge is 2.27. The molecule has 1 N–H and O–H groups in total. The Morgan fingerprint density at radius 2 is 2.03 bits per heavy atom. The van der Waals surface area contributed by atoms with Crippen molar-refractivity contribution in [3.8, 4) is 11.1 Å². The number of aliphatic hydroxyl groups excluding tert-OH is 1. The lowest BCUT2D eigenvalue weighted by Gasteiger charge is -2.26. The molecule has 1 fully saturated rings. The van der Waals surface area contributed by atoms with Crippen LogP contribution in [0.3, 0.4) is 0 Å². The number of aromatic nitrogens is 4. The lowest BCUT2D eigenvalue weighted by Crippen LogP contribution is -2.27. The molecule has 3 heterocycles. The Hall–Kier alpha value is -3.32. The van der Waals surface area contributed by atoms with Gasteiger partial charge < -0.3 is 5.11 Å². The highest BCUT2D eigenvalue weighted by atomic mass is 19.1. The van der Waals surface area contributed by atoms with Crippen LogP contribution in [0.2, 0.25) is 0 Å². The predicted octanol–water partition coefficient (Wildman–Crippen LogP) is 4.59. The minimum Gasteiger partial charge on any atom is -0.393 e. The number of halogens is 1. The molecule has 6 nitrogen and oxygen atoms in total. The van der Waals surface area contributed by atoms with Crippen molar-refractivity contribution < 1.29 is 14.3 Å². The SMILES string of the molecule is Cn1cc(-c2ccc(Cc3cc(C(=O)C[C@H]4CCCC[C@@H]4O)n4ncccc34)cc2F)cn1. The first-order valence-corrected chi connectivity index (χ1v) is 11.4. The van der Waals surface area contributed by atoms with Crippen LogP contribution in [0, 0.1) is 11.7 Å². The van der Waals surface area contributed by atoms with Crippen LogP contribution in [0.1, 0.15) is 53.7 Å². The summed E-state index contributed by atoms with van der Waals surface area (Å²) in [6.45, 7) is 0. The lowest BCUT2D eigenvalue weighted by atomic mass is 9.83. The van der Waals surface area contributed by atoms with Gasteiger partial charge in [-0.15, -0.1) is 0 Å². The number of carbonyl (C=O) groups excluding carboxylic acids is 1. The van der Waals surface area contributed by atoms with E-state index in [9.17, 15) is 14.3 Å². The second-order valence-electron chi connectivity index (χ2n) is 9.01. The van der Waals surface area contributed by atoms with Gasteiger partial charge in [0.25, 0.3) is 0 Å². The normalized spacial score (nSPS) is 18.6. The Morgan fingerprint density at radius 1 is 1.18 bits per heavy atom. The van der Waals surface area contributed by atoms with Crippen LogP contribution in [0.4, 0.5) is 4.39 Å². The van der Waals surface area contributed by atoms with Crippen LogP contribution in [0.25, 0.3) is 16.6 Å². The molecular formula is C26H27FN4O2. The van der Waals surface area contributed by atoms with E-state index in [4.69, 9.17) is 0 Å². The zero-order chi connectivity index (χ0) is 22.9. The second kappa shape index (κ2) is 8.90. The molecule has 0 aliphatic heterocycles. The zero-order valence-corrected chi connectivity index (χ0v) is 18.6. The third-order valence-corrected chi connectivity index (χ3v) is 6.66. The van der Waals surface area contributed by atoms with E-state index in [1.807, 2.05) is 24.3 Å². The highest BCUT2D eigenvalue weighted by Crippen LogP contribution is 2.30. The number of hydrogen-bond acceptors (Lipinski definition) is 4. The number of nitrogens with zero attached hydrogens (tertiary/aromatic N) is 4. The number of carbonyl (C=O) groups is 1. The van der Waals surface area contributed by atoms with Crippen LogP contribution < -0.4 is 0 Å². The van der Waals surface area contributed by atoms with Gasteiger partial charge in [0.1, 0.15) is 11.5 Å². The standard InChI is InChI=1S/C26H27FN4O2/c1-30-16-20(15-29-30)21-9-8-17(12-22(21)27)11-19-13-24(31-23(19)6-4-10-28-31)26(33)14-18-5-2-3-7-25(18)32/h4,6,8-10,12-13,15-16,18,25,32H,2-3,5,7,11,14H2,1H3/t18-,25+/m1/s1. The van der Waals surface area contributed by atoms with Crippen LogP contribution in [0.5, 0.6) is 0 Å². The van der Waals surface area contributed by atoms with Gasteiger partial charge in [-0.25, -0.2) is 8.91 Å². The molecule has 4 aromatic rings. The van der Waals surface area contributed by atoms with Gasteiger partial charge in [-0.3, -0.25) is 9.48 Å². The maximum Gasteiger partial charge on any atom is 0.181 e. The molecule has 1 aromatic carbocycles. The van der Waals surface area contributed by atoms with Gasteiger partial charge in [-0.05, 0) is 60.6 Å². The summed E-state index contributed by atoms with van der Waals surface area (Å²) in [5.41, 5.74) is 4.34. The second-order valence-corrected chi connectivity index (χ2v) is 9.01. The number of fused-ring (bicyclic) bond motifs is 1. The summed E-state index contributed by atoms with van der Waals surface area (Å²) < 4.78 is 18.2. The molecule has 0 radical (unpaired) electrons. The van der Waals surface area contributed by atoms with E-state index >= 15 is 0 Å². The summed E-state index contributed by atoms with van der Waals surface area (Å²) in [4.78, 5) is 13.2. The molecule has 0 unspecified atom stereocenters. The van der Waals surface area contributed by atoms with E-state index in [1.54, 1.807) is 47.0 Å². The number of hydrogen-bond donors (Lipinski definition) is 1. The molecule has 1 aliphatic carbocycles. The van der Waals surface area contributed by atoms with Crippen molar-refractivity contribution in [1.29, 1.82) is 0 Å². The molecule has 1 aliphatic rings. The largest absolute Gasteiger partial charge is 0.393 e. The van der Waals surface area contributed by atoms with E-state index in [1.165, 1.54) is 0 Å². The number of aliphatic hydroxyl groups is 1. The van der Waals surface area contributed by atoms with Crippen LogP contribution in [-0.2, 0) is 13.5 Å². The number of aryl methyl sites for hydroxylation is 1. The number of Topliss-reactive ketones (excluding diaryl/α,β-unsaturated/α-hetero) is 1. The Morgan fingerprint density at radius 3 is 2.79 bits per heavy atom. The first-order valence-electron chi connectivity index (χ1n) is 11.4. The van der Waals surface area contributed by atoms with Crippen molar-refractivity contribution in [2.24, 2.45) is 13.0 Å². The van der Waals surface area contributed by atoms with Crippen molar-refractivity contribution in [3.05, 3.63) is 77.6 Å². The molecule has 170 valence electrons. The first-order chi connectivity index (χ1) is 16.0. The smallest absolute Gasteiger partial charge is 0.181 e. The predicted molar refractivity (Wildman–Crippen MR) is 124 cm³/mol. The minimum absolute atomic E-state index is 0.00178. The van der Waals surface area contributed by atoms with Crippen LogP contribution >= 0.6 is 0 Å². The monoisotopic (exact) mass is 446 g/mol. The molecular weight excluding hydrogens is 419 g/mol. The Labute approximate surface area is 191 Å². The molecule has 0 bridgehead atoms. The van der Waals surface area contributed by atoms with Gasteiger partial charge in [0.15, 0.2) is 5.78 Å². The van der Waals surface area contributed by atoms with Crippen molar-refractivity contribution >= 4 is 11.3 Å². The van der Waals surface area contributed by atoms with E-state index in [0.29, 0.717) is 24.1 Å². The Kier molecular flexibility index (Phi) is 5.81. The summed E-state index contributed by atoms with van der Waals surface area (Å²) in [6, 6.07) is 10.9. The molecule has 33 heavy (non-hydrogen) atoms. The average molecular weight is 447 g/mol. The number of rotatable bonds is 6. The van der Waals surface area contributed by atoms with Gasteiger partial charge >= 0.3 is 0 Å². The van der Waals surface area contributed by atoms with Crippen LogP contribution in [-0.4, -0.2) is 36.4 Å². The third kappa shape index (κ3) is 4.33. The maximum atomic E-state index is 14.9. The number of ketones is 1. The molecule has 0 spiro atoms. The summed E-state index contributed by atoms with van der Waals surface area (Å²) in [6.07, 6.45) is 9.18. The van der Waals surface area contributed by atoms with Crippen molar-refractivity contribution in [1.82, 2.24) is 19.4 Å². The molecule has 0 saturated heterocycles.